The smallest absolute Gasteiger partial charge is 0.334 e. The van der Waals surface area contributed by atoms with Gasteiger partial charge in [0.1, 0.15) is 0 Å². The van der Waals surface area contributed by atoms with Crippen LogP contribution in [0.4, 0.5) is 0 Å². The molecule has 18 heavy (non-hydrogen) atoms. The van der Waals surface area contributed by atoms with Gasteiger partial charge in [-0.3, -0.25) is 4.79 Å². The summed E-state index contributed by atoms with van der Waals surface area (Å²) in [5, 5.41) is 8.89. The van der Waals surface area contributed by atoms with Gasteiger partial charge >= 0.3 is 5.97 Å². The van der Waals surface area contributed by atoms with Gasteiger partial charge in [-0.1, -0.05) is 27.7 Å². The molecule has 1 rings (SSSR count). The fraction of sp³-hybridized carbons (Fsp3) is 0.846. The van der Waals surface area contributed by atoms with Crippen molar-refractivity contribution in [1.29, 1.82) is 0 Å². The lowest BCUT2D eigenvalue weighted by atomic mass is 9.80. The Labute approximate surface area is 108 Å². The van der Waals surface area contributed by atoms with Gasteiger partial charge in [0.2, 0.25) is 5.91 Å². The van der Waals surface area contributed by atoms with E-state index in [1.807, 2.05) is 6.92 Å². The second-order valence-corrected chi connectivity index (χ2v) is 6.01. The minimum absolute atomic E-state index is 0.0203. The number of hydrogen-bond donors (Lipinski definition) is 1. The molecule has 5 heteroatoms. The van der Waals surface area contributed by atoms with Crippen molar-refractivity contribution in [2.45, 2.75) is 40.2 Å². The molecule has 0 bridgehead atoms. The van der Waals surface area contributed by atoms with Gasteiger partial charge in [-0.2, -0.15) is 0 Å². The van der Waals surface area contributed by atoms with Crippen molar-refractivity contribution in [3.8, 4) is 0 Å². The summed E-state index contributed by atoms with van der Waals surface area (Å²) in [6.45, 7) is 9.29. The average Bonchev–Trinajstić information content (AvgIpc) is 2.27. The fourth-order valence-electron chi connectivity index (χ4n) is 1.72. The third-order valence-corrected chi connectivity index (χ3v) is 3.65. The van der Waals surface area contributed by atoms with E-state index in [9.17, 15) is 9.59 Å². The van der Waals surface area contributed by atoms with Gasteiger partial charge in [0, 0.05) is 13.0 Å². The molecule has 1 fully saturated rings. The number of morpholine rings is 1. The number of carboxylic acid groups (broad SMARTS) is 1. The van der Waals surface area contributed by atoms with Crippen LogP contribution in [0.5, 0.6) is 0 Å². The Bertz CT molecular complexity index is 321. The van der Waals surface area contributed by atoms with Gasteiger partial charge in [0.05, 0.1) is 13.2 Å². The molecule has 2 atom stereocenters. The molecule has 1 aliphatic heterocycles. The van der Waals surface area contributed by atoms with Crippen LogP contribution in [0.2, 0.25) is 0 Å². The Morgan fingerprint density at radius 1 is 1.44 bits per heavy atom. The van der Waals surface area contributed by atoms with Gasteiger partial charge in [0.15, 0.2) is 6.10 Å². The number of carboxylic acids is 1. The van der Waals surface area contributed by atoms with Gasteiger partial charge in [-0.15, -0.1) is 0 Å². The number of rotatable bonds is 3. The summed E-state index contributed by atoms with van der Waals surface area (Å²) >= 11 is 0. The van der Waals surface area contributed by atoms with E-state index in [2.05, 4.69) is 20.8 Å². The van der Waals surface area contributed by atoms with Gasteiger partial charge in [-0.05, 0) is 11.3 Å². The monoisotopic (exact) mass is 257 g/mol. The lowest BCUT2D eigenvalue weighted by Gasteiger charge is -2.33. The highest BCUT2D eigenvalue weighted by Gasteiger charge is 2.31. The predicted octanol–water partition coefficient (Wildman–Crippen LogP) is 1.37. The van der Waals surface area contributed by atoms with Crippen molar-refractivity contribution in [1.82, 2.24) is 4.90 Å². The molecule has 0 aromatic heterocycles. The molecule has 1 saturated heterocycles. The molecule has 1 N–H and O–H groups in total. The fourth-order valence-corrected chi connectivity index (χ4v) is 1.72. The maximum atomic E-state index is 12.1. The van der Waals surface area contributed by atoms with Gasteiger partial charge < -0.3 is 14.7 Å². The maximum absolute atomic E-state index is 12.1. The first-order valence-electron chi connectivity index (χ1n) is 6.34. The van der Waals surface area contributed by atoms with Crippen molar-refractivity contribution < 1.29 is 19.4 Å². The normalized spacial score (nSPS) is 22.7. The maximum Gasteiger partial charge on any atom is 0.334 e. The number of ether oxygens (including phenoxy) is 1. The molecular weight excluding hydrogens is 234 g/mol. The lowest BCUT2D eigenvalue weighted by molar-refractivity contribution is -0.159. The molecular formula is C13H23NO4. The first-order valence-corrected chi connectivity index (χ1v) is 6.34. The molecule has 2 unspecified atom stereocenters. The summed E-state index contributed by atoms with van der Waals surface area (Å²) in [5.74, 6) is -0.723. The largest absolute Gasteiger partial charge is 0.479 e. The van der Waals surface area contributed by atoms with Gasteiger partial charge in [-0.25, -0.2) is 4.79 Å². The highest BCUT2D eigenvalue weighted by Crippen LogP contribution is 2.28. The van der Waals surface area contributed by atoms with E-state index in [1.165, 1.54) is 0 Å². The number of aliphatic carboxylic acids is 1. The Hall–Kier alpha value is -1.10. The standard InChI is InChI=1S/C13H23NO4/c1-9(13(2,3)4)7-11(15)14-5-6-18-10(8-14)12(16)17/h9-10H,5-8H2,1-4H3,(H,16,17). The van der Waals surface area contributed by atoms with Crippen LogP contribution >= 0.6 is 0 Å². The minimum Gasteiger partial charge on any atom is -0.479 e. The Morgan fingerprint density at radius 2 is 2.06 bits per heavy atom. The van der Waals surface area contributed by atoms with E-state index < -0.39 is 12.1 Å². The van der Waals surface area contributed by atoms with Gasteiger partial charge in [0.25, 0.3) is 0 Å². The zero-order valence-corrected chi connectivity index (χ0v) is 11.6. The quantitative estimate of drug-likeness (QED) is 0.829. The second-order valence-electron chi connectivity index (χ2n) is 6.01. The molecule has 0 aromatic carbocycles. The zero-order chi connectivity index (χ0) is 13.9. The highest BCUT2D eigenvalue weighted by molar-refractivity contribution is 5.78. The molecule has 104 valence electrons. The van der Waals surface area contributed by atoms with E-state index in [-0.39, 0.29) is 23.8 Å². The van der Waals surface area contributed by atoms with Crippen molar-refractivity contribution in [3.63, 3.8) is 0 Å². The third kappa shape index (κ3) is 3.98. The average molecular weight is 257 g/mol. The van der Waals surface area contributed by atoms with E-state index >= 15 is 0 Å². The lowest BCUT2D eigenvalue weighted by Crippen LogP contribution is -2.49. The molecule has 0 saturated carbocycles. The van der Waals surface area contributed by atoms with Crippen LogP contribution in [-0.4, -0.2) is 47.7 Å². The predicted molar refractivity (Wildman–Crippen MR) is 67.2 cm³/mol. The minimum atomic E-state index is -1.00. The Kier molecular flexibility index (Phi) is 4.73. The van der Waals surface area contributed by atoms with Crippen molar-refractivity contribution >= 4 is 11.9 Å². The van der Waals surface area contributed by atoms with Crippen LogP contribution in [0, 0.1) is 11.3 Å². The summed E-state index contributed by atoms with van der Waals surface area (Å²) in [6.07, 6.45) is -0.428. The summed E-state index contributed by atoms with van der Waals surface area (Å²) in [5.41, 5.74) is 0.0775. The zero-order valence-electron chi connectivity index (χ0n) is 11.6. The van der Waals surface area contributed by atoms with Crippen molar-refractivity contribution in [3.05, 3.63) is 0 Å². The number of nitrogens with zero attached hydrogens (tertiary/aromatic N) is 1. The van der Waals surface area contributed by atoms with E-state index in [0.29, 0.717) is 19.6 Å². The first-order chi connectivity index (χ1) is 8.21. The summed E-state index contributed by atoms with van der Waals surface area (Å²) in [4.78, 5) is 24.5. The van der Waals surface area contributed by atoms with Crippen LogP contribution in [0.3, 0.4) is 0 Å². The molecule has 1 aliphatic rings. The molecule has 0 aliphatic carbocycles. The first kappa shape index (κ1) is 15.0. The summed E-state index contributed by atoms with van der Waals surface area (Å²) in [6, 6.07) is 0. The number of amides is 1. The Morgan fingerprint density at radius 3 is 2.56 bits per heavy atom. The summed E-state index contributed by atoms with van der Waals surface area (Å²) in [7, 11) is 0. The van der Waals surface area contributed by atoms with Crippen molar-refractivity contribution in [2.75, 3.05) is 19.7 Å². The molecule has 5 nitrogen and oxygen atoms in total. The third-order valence-electron chi connectivity index (χ3n) is 3.65. The van der Waals surface area contributed by atoms with Crippen LogP contribution in [-0.2, 0) is 14.3 Å². The van der Waals surface area contributed by atoms with E-state index in [0.717, 1.165) is 0 Å². The van der Waals surface area contributed by atoms with Crippen LogP contribution < -0.4 is 0 Å². The highest BCUT2D eigenvalue weighted by atomic mass is 16.5. The summed E-state index contributed by atoms with van der Waals surface area (Å²) < 4.78 is 5.10. The number of carbonyl (C=O) groups is 2. The van der Waals surface area contributed by atoms with E-state index in [4.69, 9.17) is 9.84 Å². The van der Waals surface area contributed by atoms with Crippen LogP contribution in [0.1, 0.15) is 34.1 Å². The van der Waals surface area contributed by atoms with Crippen molar-refractivity contribution in [2.24, 2.45) is 11.3 Å². The SMILES string of the molecule is CC(CC(=O)N1CCOC(C(=O)O)C1)C(C)(C)C. The molecule has 0 spiro atoms. The second kappa shape index (κ2) is 5.69. The number of carbonyl (C=O) groups excluding carboxylic acids is 1. The molecule has 0 radical (unpaired) electrons. The molecule has 1 heterocycles. The number of hydrogen-bond acceptors (Lipinski definition) is 3. The van der Waals surface area contributed by atoms with Crippen LogP contribution in [0.15, 0.2) is 0 Å². The van der Waals surface area contributed by atoms with E-state index in [1.54, 1.807) is 4.90 Å². The topological polar surface area (TPSA) is 66.8 Å². The molecule has 0 aromatic rings. The van der Waals surface area contributed by atoms with Crippen LogP contribution in [0.25, 0.3) is 0 Å². The molecule has 1 amide bonds. The Balaban J connectivity index is 2.54.